The van der Waals surface area contributed by atoms with E-state index in [0.717, 1.165) is 22.7 Å². The van der Waals surface area contributed by atoms with Gasteiger partial charge in [-0.3, -0.25) is 0 Å². The van der Waals surface area contributed by atoms with Crippen molar-refractivity contribution in [1.29, 1.82) is 0 Å². The number of ether oxygens (including phenoxy) is 2. The van der Waals surface area contributed by atoms with Crippen molar-refractivity contribution in [1.82, 2.24) is 9.78 Å². The first-order valence-corrected chi connectivity index (χ1v) is 7.24. The molecular weight excluding hydrogens is 276 g/mol. The summed E-state index contributed by atoms with van der Waals surface area (Å²) in [5, 5.41) is 4.55. The van der Waals surface area contributed by atoms with Gasteiger partial charge in [-0.05, 0) is 43.3 Å². The van der Waals surface area contributed by atoms with Gasteiger partial charge in [-0.1, -0.05) is 18.2 Å². The third-order valence-corrected chi connectivity index (χ3v) is 3.37. The second-order valence-electron chi connectivity index (χ2n) is 4.78. The van der Waals surface area contributed by atoms with Crippen molar-refractivity contribution in [2.45, 2.75) is 6.92 Å². The summed E-state index contributed by atoms with van der Waals surface area (Å²) in [4.78, 5) is 0. The Bertz CT molecular complexity index is 734. The van der Waals surface area contributed by atoms with Crippen LogP contribution in [0.25, 0.3) is 16.9 Å². The van der Waals surface area contributed by atoms with E-state index in [2.05, 4.69) is 5.10 Å². The first kappa shape index (κ1) is 14.2. The average molecular weight is 294 g/mol. The van der Waals surface area contributed by atoms with Gasteiger partial charge in [0.25, 0.3) is 0 Å². The fraction of sp³-hybridized carbons (Fsp3) is 0.167. The van der Waals surface area contributed by atoms with Gasteiger partial charge >= 0.3 is 0 Å². The quantitative estimate of drug-likeness (QED) is 0.715. The highest BCUT2D eigenvalue weighted by Crippen LogP contribution is 2.28. The Balaban J connectivity index is 2.08. The maximum atomic E-state index is 5.56. The Morgan fingerprint density at radius 1 is 1.00 bits per heavy atom. The molecule has 112 valence electrons. The van der Waals surface area contributed by atoms with Crippen molar-refractivity contribution >= 4 is 0 Å². The van der Waals surface area contributed by atoms with Crippen LogP contribution in [0.15, 0.2) is 60.7 Å². The molecule has 0 atom stereocenters. The normalized spacial score (nSPS) is 10.5. The van der Waals surface area contributed by atoms with Crippen LogP contribution < -0.4 is 9.47 Å². The Hall–Kier alpha value is -2.75. The van der Waals surface area contributed by atoms with Gasteiger partial charge in [-0.2, -0.15) is 0 Å². The van der Waals surface area contributed by atoms with Gasteiger partial charge in [0.1, 0.15) is 5.75 Å². The summed E-state index contributed by atoms with van der Waals surface area (Å²) in [6.07, 6.45) is 0. The number of aromatic nitrogens is 2. The minimum Gasteiger partial charge on any atom is -0.497 e. The molecule has 22 heavy (non-hydrogen) atoms. The van der Waals surface area contributed by atoms with E-state index < -0.39 is 0 Å². The van der Waals surface area contributed by atoms with E-state index in [-0.39, 0.29) is 0 Å². The van der Waals surface area contributed by atoms with Crippen LogP contribution in [0.5, 0.6) is 11.6 Å². The molecule has 0 radical (unpaired) electrons. The van der Waals surface area contributed by atoms with E-state index in [1.807, 2.05) is 72.3 Å². The largest absolute Gasteiger partial charge is 0.497 e. The van der Waals surface area contributed by atoms with E-state index in [1.54, 1.807) is 7.11 Å². The number of rotatable bonds is 5. The zero-order valence-corrected chi connectivity index (χ0v) is 12.7. The summed E-state index contributed by atoms with van der Waals surface area (Å²) in [6, 6.07) is 19.9. The van der Waals surface area contributed by atoms with E-state index >= 15 is 0 Å². The Labute approximate surface area is 129 Å². The number of methoxy groups -OCH3 is 1. The van der Waals surface area contributed by atoms with Crippen molar-refractivity contribution in [2.75, 3.05) is 13.7 Å². The Morgan fingerprint density at radius 2 is 1.73 bits per heavy atom. The minimum absolute atomic E-state index is 0.591. The molecule has 2 aromatic carbocycles. The van der Waals surface area contributed by atoms with Crippen LogP contribution in [0.3, 0.4) is 0 Å². The predicted molar refractivity (Wildman–Crippen MR) is 86.7 cm³/mol. The van der Waals surface area contributed by atoms with Gasteiger partial charge in [-0.15, -0.1) is 5.10 Å². The van der Waals surface area contributed by atoms with Crippen LogP contribution >= 0.6 is 0 Å². The van der Waals surface area contributed by atoms with Crippen LogP contribution in [0.4, 0.5) is 0 Å². The van der Waals surface area contributed by atoms with Crippen molar-refractivity contribution in [3.8, 4) is 28.6 Å². The molecule has 0 unspecified atom stereocenters. The summed E-state index contributed by atoms with van der Waals surface area (Å²) >= 11 is 0. The van der Waals surface area contributed by atoms with Gasteiger partial charge in [0.15, 0.2) is 0 Å². The molecule has 3 aromatic rings. The molecule has 1 heterocycles. The average Bonchev–Trinajstić information content (AvgIpc) is 3.00. The first-order chi connectivity index (χ1) is 10.8. The molecule has 0 aliphatic carbocycles. The van der Waals surface area contributed by atoms with Gasteiger partial charge in [-0.25, -0.2) is 4.68 Å². The van der Waals surface area contributed by atoms with Gasteiger partial charge < -0.3 is 9.47 Å². The highest BCUT2D eigenvalue weighted by molar-refractivity contribution is 5.64. The lowest BCUT2D eigenvalue weighted by Gasteiger charge is -2.07. The molecule has 0 saturated carbocycles. The molecule has 1 aromatic heterocycles. The van der Waals surface area contributed by atoms with Gasteiger partial charge in [0.05, 0.1) is 25.1 Å². The first-order valence-electron chi connectivity index (χ1n) is 7.24. The second kappa shape index (κ2) is 6.35. The summed E-state index contributed by atoms with van der Waals surface area (Å²) in [5.74, 6) is 1.46. The summed E-state index contributed by atoms with van der Waals surface area (Å²) in [6.45, 7) is 2.54. The Morgan fingerprint density at radius 3 is 2.36 bits per heavy atom. The molecule has 4 nitrogen and oxygen atoms in total. The molecule has 0 amide bonds. The lowest BCUT2D eigenvalue weighted by Crippen LogP contribution is -1.99. The topological polar surface area (TPSA) is 36.3 Å². The number of hydrogen-bond acceptors (Lipinski definition) is 3. The molecule has 3 rings (SSSR count). The van der Waals surface area contributed by atoms with Crippen LogP contribution in [-0.2, 0) is 0 Å². The lowest BCUT2D eigenvalue weighted by molar-refractivity contribution is 0.324. The van der Waals surface area contributed by atoms with Gasteiger partial charge in [0, 0.05) is 11.6 Å². The maximum Gasteiger partial charge on any atom is 0.233 e. The van der Waals surface area contributed by atoms with Crippen LogP contribution in [0.1, 0.15) is 6.92 Å². The zero-order valence-electron chi connectivity index (χ0n) is 12.7. The minimum atomic E-state index is 0.591. The highest BCUT2D eigenvalue weighted by Gasteiger charge is 2.12. The molecule has 4 heteroatoms. The fourth-order valence-corrected chi connectivity index (χ4v) is 2.31. The lowest BCUT2D eigenvalue weighted by atomic mass is 10.1. The standard InChI is InChI=1S/C18H18N2O2/c1-3-22-18-13-17(14-9-11-16(21-2)12-10-14)20(19-18)15-7-5-4-6-8-15/h4-13H,3H2,1-2H3. The molecule has 0 spiro atoms. The van der Waals surface area contributed by atoms with E-state index in [9.17, 15) is 0 Å². The van der Waals surface area contributed by atoms with Crippen molar-refractivity contribution in [3.05, 3.63) is 60.7 Å². The number of benzene rings is 2. The van der Waals surface area contributed by atoms with Gasteiger partial charge in [0.2, 0.25) is 5.88 Å². The monoisotopic (exact) mass is 294 g/mol. The van der Waals surface area contributed by atoms with E-state index in [4.69, 9.17) is 9.47 Å². The third kappa shape index (κ3) is 2.81. The molecule has 0 aliphatic heterocycles. The van der Waals surface area contributed by atoms with Crippen LogP contribution in [-0.4, -0.2) is 23.5 Å². The van der Waals surface area contributed by atoms with Crippen LogP contribution in [0, 0.1) is 0 Å². The van der Waals surface area contributed by atoms with E-state index in [0.29, 0.717) is 12.5 Å². The zero-order chi connectivity index (χ0) is 15.4. The molecule has 0 fully saturated rings. The molecule has 0 aliphatic rings. The summed E-state index contributed by atoms with van der Waals surface area (Å²) < 4.78 is 12.7. The smallest absolute Gasteiger partial charge is 0.233 e. The van der Waals surface area contributed by atoms with Crippen LogP contribution in [0.2, 0.25) is 0 Å². The molecule has 0 bridgehead atoms. The predicted octanol–water partition coefficient (Wildman–Crippen LogP) is 3.95. The summed E-state index contributed by atoms with van der Waals surface area (Å²) in [7, 11) is 1.66. The second-order valence-corrected chi connectivity index (χ2v) is 4.78. The molecular formula is C18H18N2O2. The van der Waals surface area contributed by atoms with Crippen molar-refractivity contribution < 1.29 is 9.47 Å². The SMILES string of the molecule is CCOc1cc(-c2ccc(OC)cc2)n(-c2ccccc2)n1. The molecule has 0 saturated heterocycles. The fourth-order valence-electron chi connectivity index (χ4n) is 2.31. The van der Waals surface area contributed by atoms with Crippen molar-refractivity contribution in [2.24, 2.45) is 0 Å². The number of nitrogens with zero attached hydrogens (tertiary/aromatic N) is 2. The maximum absolute atomic E-state index is 5.56. The van der Waals surface area contributed by atoms with Crippen molar-refractivity contribution in [3.63, 3.8) is 0 Å². The third-order valence-electron chi connectivity index (χ3n) is 3.37. The number of hydrogen-bond donors (Lipinski definition) is 0. The Kier molecular flexibility index (Phi) is 4.10. The highest BCUT2D eigenvalue weighted by atomic mass is 16.5. The molecule has 0 N–H and O–H groups in total. The number of para-hydroxylation sites is 1. The van der Waals surface area contributed by atoms with E-state index in [1.165, 1.54) is 0 Å². The summed E-state index contributed by atoms with van der Waals surface area (Å²) in [5.41, 5.74) is 3.04.